The molecule has 1 saturated heterocycles. The number of rotatable bonds is 3. The van der Waals surface area contributed by atoms with Crippen LogP contribution in [-0.4, -0.2) is 42.5 Å². The Kier molecular flexibility index (Phi) is 3.40. The summed E-state index contributed by atoms with van der Waals surface area (Å²) in [6, 6.07) is 0.590. The molecule has 1 aromatic heterocycles. The summed E-state index contributed by atoms with van der Waals surface area (Å²) in [7, 11) is 1.85. The van der Waals surface area contributed by atoms with E-state index in [-0.39, 0.29) is 12.2 Å². The van der Waals surface area contributed by atoms with Crippen LogP contribution < -0.4 is 10.2 Å². The lowest BCUT2D eigenvalue weighted by atomic mass is 10.2. The standard InChI is InChI=1S/C10H18N4O2/c1-7-5-14(6-8(2)15-7)10-13-12-9(16-10)4-11-3/h7-8,11H,4-6H2,1-3H3. The minimum Gasteiger partial charge on any atom is -0.407 e. The summed E-state index contributed by atoms with van der Waals surface area (Å²) in [5.41, 5.74) is 0. The van der Waals surface area contributed by atoms with Crippen LogP contribution in [-0.2, 0) is 11.3 Å². The monoisotopic (exact) mass is 226 g/mol. The summed E-state index contributed by atoms with van der Waals surface area (Å²) in [5, 5.41) is 11.0. The zero-order chi connectivity index (χ0) is 11.5. The minimum absolute atomic E-state index is 0.198. The molecule has 0 bridgehead atoms. The number of morpholine rings is 1. The predicted octanol–water partition coefficient (Wildman–Crippen LogP) is 0.403. The summed E-state index contributed by atoms with van der Waals surface area (Å²) in [6.07, 6.45) is 0.395. The van der Waals surface area contributed by atoms with Crippen molar-refractivity contribution in [3.8, 4) is 0 Å². The Labute approximate surface area is 95.0 Å². The van der Waals surface area contributed by atoms with Gasteiger partial charge in [-0.1, -0.05) is 5.10 Å². The first-order valence-corrected chi connectivity index (χ1v) is 5.56. The van der Waals surface area contributed by atoms with Gasteiger partial charge in [0.25, 0.3) is 0 Å². The molecule has 0 aliphatic carbocycles. The molecule has 6 heteroatoms. The van der Waals surface area contributed by atoms with Gasteiger partial charge in [0.15, 0.2) is 0 Å². The maximum Gasteiger partial charge on any atom is 0.318 e. The van der Waals surface area contributed by atoms with Gasteiger partial charge >= 0.3 is 6.01 Å². The smallest absolute Gasteiger partial charge is 0.318 e. The van der Waals surface area contributed by atoms with Crippen LogP contribution in [0.15, 0.2) is 4.42 Å². The Morgan fingerprint density at radius 3 is 2.62 bits per heavy atom. The van der Waals surface area contributed by atoms with Crippen LogP contribution in [0.25, 0.3) is 0 Å². The van der Waals surface area contributed by atoms with Crippen molar-refractivity contribution >= 4 is 6.01 Å². The van der Waals surface area contributed by atoms with E-state index >= 15 is 0 Å². The van der Waals surface area contributed by atoms with Crippen molar-refractivity contribution in [2.75, 3.05) is 25.0 Å². The van der Waals surface area contributed by atoms with Crippen LogP contribution in [0.1, 0.15) is 19.7 Å². The number of anilines is 1. The van der Waals surface area contributed by atoms with E-state index in [2.05, 4.69) is 20.4 Å². The topological polar surface area (TPSA) is 63.4 Å². The molecule has 0 radical (unpaired) electrons. The highest BCUT2D eigenvalue weighted by molar-refractivity contribution is 5.25. The number of hydrogen-bond acceptors (Lipinski definition) is 6. The van der Waals surface area contributed by atoms with E-state index < -0.39 is 0 Å². The second kappa shape index (κ2) is 4.80. The van der Waals surface area contributed by atoms with Crippen molar-refractivity contribution in [2.24, 2.45) is 0 Å². The molecular weight excluding hydrogens is 208 g/mol. The Morgan fingerprint density at radius 1 is 1.31 bits per heavy atom. The van der Waals surface area contributed by atoms with Gasteiger partial charge in [-0.3, -0.25) is 0 Å². The molecule has 0 spiro atoms. The second-order valence-corrected chi connectivity index (χ2v) is 4.17. The van der Waals surface area contributed by atoms with Gasteiger partial charge in [-0.2, -0.15) is 0 Å². The lowest BCUT2D eigenvalue weighted by molar-refractivity contribution is -0.00676. The third kappa shape index (κ3) is 2.51. The average Bonchev–Trinajstić information content (AvgIpc) is 2.65. The quantitative estimate of drug-likeness (QED) is 0.805. The van der Waals surface area contributed by atoms with Gasteiger partial charge < -0.3 is 19.4 Å². The molecule has 0 aromatic carbocycles. The van der Waals surface area contributed by atoms with Crippen LogP contribution in [0.2, 0.25) is 0 Å². The zero-order valence-corrected chi connectivity index (χ0v) is 9.93. The number of hydrogen-bond donors (Lipinski definition) is 1. The van der Waals surface area contributed by atoms with Crippen LogP contribution in [0, 0.1) is 0 Å². The van der Waals surface area contributed by atoms with Gasteiger partial charge in [0.1, 0.15) is 0 Å². The molecule has 6 nitrogen and oxygen atoms in total. The van der Waals surface area contributed by atoms with Crippen molar-refractivity contribution in [1.82, 2.24) is 15.5 Å². The fraction of sp³-hybridized carbons (Fsp3) is 0.800. The Hall–Kier alpha value is -1.14. The fourth-order valence-corrected chi connectivity index (χ4v) is 1.93. The summed E-state index contributed by atoms with van der Waals surface area (Å²) >= 11 is 0. The van der Waals surface area contributed by atoms with Crippen molar-refractivity contribution in [2.45, 2.75) is 32.6 Å². The molecule has 2 atom stereocenters. The average molecular weight is 226 g/mol. The molecule has 1 aliphatic heterocycles. The summed E-state index contributed by atoms with van der Waals surface area (Å²) in [6.45, 7) is 6.29. The van der Waals surface area contributed by atoms with Gasteiger partial charge in [-0.15, -0.1) is 5.10 Å². The summed E-state index contributed by atoms with van der Waals surface area (Å²) in [4.78, 5) is 2.07. The molecule has 0 amide bonds. The highest BCUT2D eigenvalue weighted by atomic mass is 16.5. The van der Waals surface area contributed by atoms with Crippen LogP contribution >= 0.6 is 0 Å². The molecule has 1 aromatic rings. The molecule has 0 saturated carbocycles. The molecule has 2 heterocycles. The molecule has 1 fully saturated rings. The maximum absolute atomic E-state index is 5.65. The van der Waals surface area contributed by atoms with Gasteiger partial charge in [0, 0.05) is 13.1 Å². The third-order valence-electron chi connectivity index (χ3n) is 2.47. The number of nitrogens with one attached hydrogen (secondary N) is 1. The molecule has 1 aliphatic rings. The first-order valence-electron chi connectivity index (χ1n) is 5.56. The van der Waals surface area contributed by atoms with Crippen LogP contribution in [0.5, 0.6) is 0 Å². The lowest BCUT2D eigenvalue weighted by Gasteiger charge is -2.33. The van der Waals surface area contributed by atoms with Crippen LogP contribution in [0.4, 0.5) is 6.01 Å². The van der Waals surface area contributed by atoms with E-state index in [1.165, 1.54) is 0 Å². The highest BCUT2D eigenvalue weighted by Crippen LogP contribution is 2.18. The summed E-state index contributed by atoms with van der Waals surface area (Å²) in [5.74, 6) is 0.615. The van der Waals surface area contributed by atoms with Crippen molar-refractivity contribution in [1.29, 1.82) is 0 Å². The highest BCUT2D eigenvalue weighted by Gasteiger charge is 2.25. The van der Waals surface area contributed by atoms with Crippen molar-refractivity contribution in [3.05, 3.63) is 5.89 Å². The summed E-state index contributed by atoms with van der Waals surface area (Å²) < 4.78 is 11.2. The van der Waals surface area contributed by atoms with Crippen molar-refractivity contribution < 1.29 is 9.15 Å². The fourth-order valence-electron chi connectivity index (χ4n) is 1.93. The SMILES string of the molecule is CNCc1nnc(N2CC(C)OC(C)C2)o1. The Balaban J connectivity index is 2.04. The maximum atomic E-state index is 5.65. The second-order valence-electron chi connectivity index (χ2n) is 4.17. The Bertz CT molecular complexity index is 331. The van der Waals surface area contributed by atoms with Gasteiger partial charge in [-0.05, 0) is 20.9 Å². The molecule has 2 rings (SSSR count). The first-order chi connectivity index (χ1) is 7.69. The van der Waals surface area contributed by atoms with E-state index in [1.54, 1.807) is 0 Å². The molecule has 1 N–H and O–H groups in total. The number of aromatic nitrogens is 2. The van der Waals surface area contributed by atoms with E-state index in [4.69, 9.17) is 9.15 Å². The zero-order valence-electron chi connectivity index (χ0n) is 9.93. The van der Waals surface area contributed by atoms with Gasteiger partial charge in [0.2, 0.25) is 5.89 Å². The van der Waals surface area contributed by atoms with E-state index in [0.717, 1.165) is 13.1 Å². The molecule has 90 valence electrons. The largest absolute Gasteiger partial charge is 0.407 e. The predicted molar refractivity (Wildman–Crippen MR) is 59.3 cm³/mol. The normalized spacial score (nSPS) is 26.1. The minimum atomic E-state index is 0.198. The first kappa shape index (κ1) is 11.3. The van der Waals surface area contributed by atoms with Gasteiger partial charge in [0.05, 0.1) is 18.8 Å². The Morgan fingerprint density at radius 2 is 2.00 bits per heavy atom. The molecule has 2 unspecified atom stereocenters. The molecular formula is C10H18N4O2. The third-order valence-corrected chi connectivity index (χ3v) is 2.47. The molecule has 16 heavy (non-hydrogen) atoms. The number of ether oxygens (including phenoxy) is 1. The lowest BCUT2D eigenvalue weighted by Crippen LogP contribution is -2.45. The number of nitrogens with zero attached hydrogens (tertiary/aromatic N) is 3. The van der Waals surface area contributed by atoms with Crippen LogP contribution in [0.3, 0.4) is 0 Å². The van der Waals surface area contributed by atoms with Gasteiger partial charge in [-0.25, -0.2) is 0 Å². The van der Waals surface area contributed by atoms with Crippen molar-refractivity contribution in [3.63, 3.8) is 0 Å². The van der Waals surface area contributed by atoms with E-state index in [0.29, 0.717) is 18.5 Å². The van der Waals surface area contributed by atoms with E-state index in [1.807, 2.05) is 20.9 Å². The van der Waals surface area contributed by atoms with E-state index in [9.17, 15) is 0 Å².